The molecule has 1 heterocycles. The lowest BCUT2D eigenvalue weighted by molar-refractivity contribution is -0.144. The lowest BCUT2D eigenvalue weighted by Crippen LogP contribution is -2.48. The van der Waals surface area contributed by atoms with Crippen LogP contribution in [0.1, 0.15) is 19.8 Å². The fourth-order valence-corrected chi connectivity index (χ4v) is 1.97. The number of rotatable bonds is 3. The molecule has 0 aromatic carbocycles. The van der Waals surface area contributed by atoms with Crippen molar-refractivity contribution in [3.05, 3.63) is 0 Å². The first kappa shape index (κ1) is 16.2. The van der Waals surface area contributed by atoms with E-state index in [1.807, 2.05) is 0 Å². The van der Waals surface area contributed by atoms with Gasteiger partial charge in [-0.2, -0.15) is 0 Å². The molecule has 0 aliphatic carbocycles. The van der Waals surface area contributed by atoms with E-state index >= 15 is 0 Å². The molecule has 100 valence electrons. The number of likely N-dealkylation sites (tertiary alicyclic amines) is 1. The van der Waals surface area contributed by atoms with Crippen LogP contribution in [0.5, 0.6) is 0 Å². The van der Waals surface area contributed by atoms with Gasteiger partial charge < -0.3 is 15.5 Å². The summed E-state index contributed by atoms with van der Waals surface area (Å²) >= 11 is 0. The molecule has 1 aliphatic heterocycles. The molecule has 0 radical (unpaired) electrons. The third-order valence-electron chi connectivity index (χ3n) is 3.04. The third-order valence-corrected chi connectivity index (χ3v) is 3.04. The first-order chi connectivity index (χ1) is 7.49. The largest absolute Gasteiger partial charge is 0.347 e. The number of halogens is 1. The van der Waals surface area contributed by atoms with Gasteiger partial charge in [0.15, 0.2) is 0 Å². The monoisotopic (exact) mass is 263 g/mol. The summed E-state index contributed by atoms with van der Waals surface area (Å²) < 4.78 is 0. The van der Waals surface area contributed by atoms with Crippen LogP contribution < -0.4 is 5.73 Å². The first-order valence-electron chi connectivity index (χ1n) is 5.70. The highest BCUT2D eigenvalue weighted by molar-refractivity contribution is 5.88. The molecule has 2 atom stereocenters. The minimum atomic E-state index is -0.281. The van der Waals surface area contributed by atoms with E-state index in [1.54, 1.807) is 30.8 Å². The van der Waals surface area contributed by atoms with Gasteiger partial charge in [0.1, 0.15) is 6.04 Å². The van der Waals surface area contributed by atoms with Crippen molar-refractivity contribution < 1.29 is 9.59 Å². The van der Waals surface area contributed by atoms with E-state index in [1.165, 1.54) is 0 Å². The molecule has 2 unspecified atom stereocenters. The Morgan fingerprint density at radius 3 is 2.53 bits per heavy atom. The number of hydrogen-bond donors (Lipinski definition) is 1. The molecule has 1 saturated heterocycles. The summed E-state index contributed by atoms with van der Waals surface area (Å²) in [6.07, 6.45) is 1.66. The van der Waals surface area contributed by atoms with Crippen molar-refractivity contribution in [2.24, 2.45) is 11.7 Å². The van der Waals surface area contributed by atoms with Crippen molar-refractivity contribution in [2.45, 2.75) is 25.8 Å². The molecule has 17 heavy (non-hydrogen) atoms. The van der Waals surface area contributed by atoms with E-state index in [-0.39, 0.29) is 36.2 Å². The molecule has 0 saturated carbocycles. The van der Waals surface area contributed by atoms with Gasteiger partial charge in [0.25, 0.3) is 0 Å². The maximum absolute atomic E-state index is 12.0. The molecule has 2 N–H and O–H groups in total. The molecule has 0 bridgehead atoms. The number of nitrogens with two attached hydrogens (primary N) is 1. The van der Waals surface area contributed by atoms with Gasteiger partial charge in [-0.3, -0.25) is 9.59 Å². The average Bonchev–Trinajstić information content (AvgIpc) is 2.74. The Morgan fingerprint density at radius 1 is 1.47 bits per heavy atom. The van der Waals surface area contributed by atoms with Crippen LogP contribution >= 0.6 is 12.4 Å². The SMILES string of the molecule is CC(CN)C(=O)N1CCCC1C(=O)N(C)C.Cl. The summed E-state index contributed by atoms with van der Waals surface area (Å²) in [5, 5.41) is 0. The normalized spacial score (nSPS) is 20.7. The summed E-state index contributed by atoms with van der Waals surface area (Å²) in [5.41, 5.74) is 5.48. The maximum Gasteiger partial charge on any atom is 0.244 e. The second kappa shape index (κ2) is 6.81. The molecule has 1 aliphatic rings. The molecule has 0 aromatic rings. The summed E-state index contributed by atoms with van der Waals surface area (Å²) in [6, 6.07) is -0.281. The van der Waals surface area contributed by atoms with Gasteiger partial charge in [0, 0.05) is 33.1 Å². The van der Waals surface area contributed by atoms with Crippen LogP contribution in [-0.2, 0) is 9.59 Å². The van der Waals surface area contributed by atoms with Gasteiger partial charge >= 0.3 is 0 Å². The summed E-state index contributed by atoms with van der Waals surface area (Å²) in [6.45, 7) is 2.81. The van der Waals surface area contributed by atoms with Gasteiger partial charge in [-0.15, -0.1) is 12.4 Å². The van der Waals surface area contributed by atoms with Crippen LogP contribution in [0.3, 0.4) is 0 Å². The second-order valence-electron chi connectivity index (χ2n) is 4.56. The van der Waals surface area contributed by atoms with E-state index in [0.717, 1.165) is 12.8 Å². The summed E-state index contributed by atoms with van der Waals surface area (Å²) in [4.78, 5) is 27.1. The lowest BCUT2D eigenvalue weighted by Gasteiger charge is -2.28. The van der Waals surface area contributed by atoms with Gasteiger partial charge in [0.2, 0.25) is 11.8 Å². The van der Waals surface area contributed by atoms with Crippen LogP contribution in [0.25, 0.3) is 0 Å². The maximum atomic E-state index is 12.0. The quantitative estimate of drug-likeness (QED) is 0.784. The van der Waals surface area contributed by atoms with Crippen molar-refractivity contribution >= 4 is 24.2 Å². The van der Waals surface area contributed by atoms with Crippen LogP contribution in [0.2, 0.25) is 0 Å². The van der Waals surface area contributed by atoms with Crippen molar-refractivity contribution in [3.63, 3.8) is 0 Å². The molecular formula is C11H22ClN3O2. The molecular weight excluding hydrogens is 242 g/mol. The van der Waals surface area contributed by atoms with Crippen molar-refractivity contribution in [1.82, 2.24) is 9.80 Å². The molecule has 6 heteroatoms. The smallest absolute Gasteiger partial charge is 0.244 e. The first-order valence-corrected chi connectivity index (χ1v) is 5.70. The van der Waals surface area contributed by atoms with Crippen LogP contribution in [-0.4, -0.2) is 54.8 Å². The average molecular weight is 264 g/mol. The fourth-order valence-electron chi connectivity index (χ4n) is 1.97. The van der Waals surface area contributed by atoms with E-state index < -0.39 is 0 Å². The standard InChI is InChI=1S/C11H21N3O2.ClH/c1-8(7-12)10(15)14-6-4-5-9(14)11(16)13(2)3;/h8-9H,4-7,12H2,1-3H3;1H. The number of carbonyl (C=O) groups is 2. The zero-order valence-corrected chi connectivity index (χ0v) is 11.5. The third kappa shape index (κ3) is 3.57. The Kier molecular flexibility index (Phi) is 6.49. The highest BCUT2D eigenvalue weighted by Gasteiger charge is 2.36. The number of amides is 2. The van der Waals surface area contributed by atoms with Gasteiger partial charge in [-0.05, 0) is 12.8 Å². The second-order valence-corrected chi connectivity index (χ2v) is 4.56. The lowest BCUT2D eigenvalue weighted by atomic mass is 10.1. The summed E-state index contributed by atoms with van der Waals surface area (Å²) in [7, 11) is 3.44. The molecule has 1 rings (SSSR count). The minimum Gasteiger partial charge on any atom is -0.347 e. The molecule has 0 spiro atoms. The molecule has 5 nitrogen and oxygen atoms in total. The Labute approximate surface area is 109 Å². The Hall–Kier alpha value is -0.810. The topological polar surface area (TPSA) is 66.6 Å². The minimum absolute atomic E-state index is 0. The van der Waals surface area contributed by atoms with Crippen molar-refractivity contribution in [3.8, 4) is 0 Å². The van der Waals surface area contributed by atoms with E-state index in [0.29, 0.717) is 13.1 Å². The van der Waals surface area contributed by atoms with Crippen molar-refractivity contribution in [2.75, 3.05) is 27.2 Å². The highest BCUT2D eigenvalue weighted by Crippen LogP contribution is 2.20. The van der Waals surface area contributed by atoms with Crippen LogP contribution in [0, 0.1) is 5.92 Å². The zero-order chi connectivity index (χ0) is 12.3. The van der Waals surface area contributed by atoms with E-state index in [4.69, 9.17) is 5.73 Å². The van der Waals surface area contributed by atoms with E-state index in [9.17, 15) is 9.59 Å². The molecule has 2 amide bonds. The van der Waals surface area contributed by atoms with Crippen LogP contribution in [0.15, 0.2) is 0 Å². The predicted octanol–water partition coefficient (Wildman–Crippen LogP) is 0.0822. The zero-order valence-electron chi connectivity index (χ0n) is 10.7. The van der Waals surface area contributed by atoms with E-state index in [2.05, 4.69) is 0 Å². The summed E-state index contributed by atoms with van der Waals surface area (Å²) in [5.74, 6) is -0.189. The fraction of sp³-hybridized carbons (Fsp3) is 0.818. The number of nitrogens with zero attached hydrogens (tertiary/aromatic N) is 2. The predicted molar refractivity (Wildman–Crippen MR) is 68.9 cm³/mol. The Bertz CT molecular complexity index is 284. The number of likely N-dealkylation sites (N-methyl/N-ethyl adjacent to an activating group) is 1. The van der Waals surface area contributed by atoms with Gasteiger partial charge in [-0.1, -0.05) is 6.92 Å². The Balaban J connectivity index is 0.00000256. The number of carbonyl (C=O) groups excluding carboxylic acids is 2. The molecule has 0 aromatic heterocycles. The molecule has 1 fully saturated rings. The number of hydrogen-bond acceptors (Lipinski definition) is 3. The van der Waals surface area contributed by atoms with Gasteiger partial charge in [0.05, 0.1) is 0 Å². The Morgan fingerprint density at radius 2 is 2.06 bits per heavy atom. The highest BCUT2D eigenvalue weighted by atomic mass is 35.5. The van der Waals surface area contributed by atoms with Gasteiger partial charge in [-0.25, -0.2) is 0 Å². The van der Waals surface area contributed by atoms with Crippen molar-refractivity contribution in [1.29, 1.82) is 0 Å². The van der Waals surface area contributed by atoms with Crippen LogP contribution in [0.4, 0.5) is 0 Å².